The van der Waals surface area contributed by atoms with Gasteiger partial charge in [-0.3, -0.25) is 0 Å². The first-order chi connectivity index (χ1) is 11.8. The SMILES string of the molecule is Nc1cccnc1Oc1ccc(OCCOC2CCCCO2)cc1. The van der Waals surface area contributed by atoms with Gasteiger partial charge in [0, 0.05) is 12.8 Å². The smallest absolute Gasteiger partial charge is 0.242 e. The summed E-state index contributed by atoms with van der Waals surface area (Å²) in [5, 5.41) is 0. The third-order valence-corrected chi connectivity index (χ3v) is 3.63. The first-order valence-electron chi connectivity index (χ1n) is 8.16. The molecule has 1 saturated heterocycles. The van der Waals surface area contributed by atoms with Gasteiger partial charge in [0.1, 0.15) is 18.1 Å². The summed E-state index contributed by atoms with van der Waals surface area (Å²) in [5.74, 6) is 1.80. The Hall–Kier alpha value is -2.31. The maximum atomic E-state index is 5.80. The van der Waals surface area contributed by atoms with Crippen LogP contribution in [0.4, 0.5) is 5.69 Å². The molecule has 6 heteroatoms. The molecule has 0 aliphatic carbocycles. The number of nitrogens with two attached hydrogens (primary N) is 1. The van der Waals surface area contributed by atoms with Crippen LogP contribution in [0.15, 0.2) is 42.6 Å². The molecule has 0 saturated carbocycles. The second-order valence-corrected chi connectivity index (χ2v) is 5.49. The molecule has 128 valence electrons. The highest BCUT2D eigenvalue weighted by atomic mass is 16.7. The van der Waals surface area contributed by atoms with Crippen molar-refractivity contribution in [3.8, 4) is 17.4 Å². The van der Waals surface area contributed by atoms with E-state index in [9.17, 15) is 0 Å². The minimum absolute atomic E-state index is 0.0815. The Morgan fingerprint density at radius 3 is 2.67 bits per heavy atom. The first kappa shape index (κ1) is 16.5. The molecule has 1 aromatic carbocycles. The van der Waals surface area contributed by atoms with Crippen LogP contribution in [-0.4, -0.2) is 31.1 Å². The molecule has 1 atom stereocenters. The predicted molar refractivity (Wildman–Crippen MR) is 90.2 cm³/mol. The van der Waals surface area contributed by atoms with Gasteiger partial charge in [0.05, 0.1) is 12.3 Å². The zero-order valence-electron chi connectivity index (χ0n) is 13.5. The van der Waals surface area contributed by atoms with E-state index in [2.05, 4.69) is 4.98 Å². The molecule has 6 nitrogen and oxygen atoms in total. The maximum absolute atomic E-state index is 5.80. The van der Waals surface area contributed by atoms with E-state index < -0.39 is 0 Å². The molecule has 24 heavy (non-hydrogen) atoms. The predicted octanol–water partition coefficient (Wildman–Crippen LogP) is 3.38. The molecule has 2 aromatic rings. The summed E-state index contributed by atoms with van der Waals surface area (Å²) < 4.78 is 22.4. The Kier molecular flexibility index (Phi) is 5.87. The van der Waals surface area contributed by atoms with E-state index in [-0.39, 0.29) is 6.29 Å². The fraction of sp³-hybridized carbons (Fsp3) is 0.389. The minimum atomic E-state index is -0.0815. The standard InChI is InChI=1S/C18H22N2O4/c19-16-4-3-10-20-18(16)24-15-8-6-14(7-9-15)21-12-13-23-17-5-1-2-11-22-17/h3-4,6-10,17H,1-2,5,11-13,19H2. The molecule has 2 heterocycles. The molecule has 1 fully saturated rings. The summed E-state index contributed by atoms with van der Waals surface area (Å²) in [6.07, 6.45) is 4.80. The molecule has 0 spiro atoms. The quantitative estimate of drug-likeness (QED) is 0.784. The summed E-state index contributed by atoms with van der Waals surface area (Å²) in [6.45, 7) is 1.77. The number of rotatable bonds is 7. The van der Waals surface area contributed by atoms with Crippen LogP contribution in [0.25, 0.3) is 0 Å². The van der Waals surface area contributed by atoms with Crippen LogP contribution in [0.5, 0.6) is 17.4 Å². The highest BCUT2D eigenvalue weighted by Gasteiger charge is 2.13. The van der Waals surface area contributed by atoms with E-state index in [4.69, 9.17) is 24.7 Å². The van der Waals surface area contributed by atoms with Crippen molar-refractivity contribution in [1.82, 2.24) is 4.98 Å². The highest BCUT2D eigenvalue weighted by molar-refractivity contribution is 5.49. The molecular formula is C18H22N2O4. The second-order valence-electron chi connectivity index (χ2n) is 5.49. The highest BCUT2D eigenvalue weighted by Crippen LogP contribution is 2.26. The van der Waals surface area contributed by atoms with Gasteiger partial charge in [-0.05, 0) is 55.7 Å². The Labute approximate surface area is 141 Å². The van der Waals surface area contributed by atoms with Crippen LogP contribution in [0, 0.1) is 0 Å². The molecule has 1 unspecified atom stereocenters. The van der Waals surface area contributed by atoms with Crippen molar-refractivity contribution < 1.29 is 18.9 Å². The van der Waals surface area contributed by atoms with Gasteiger partial charge in [-0.15, -0.1) is 0 Å². The maximum Gasteiger partial charge on any atom is 0.242 e. The summed E-state index contributed by atoms with van der Waals surface area (Å²) in [5.41, 5.74) is 6.30. The van der Waals surface area contributed by atoms with Crippen molar-refractivity contribution in [2.45, 2.75) is 25.6 Å². The van der Waals surface area contributed by atoms with Crippen LogP contribution < -0.4 is 15.2 Å². The first-order valence-corrected chi connectivity index (χ1v) is 8.16. The van der Waals surface area contributed by atoms with Gasteiger partial charge in [-0.2, -0.15) is 0 Å². The van der Waals surface area contributed by atoms with Gasteiger partial charge >= 0.3 is 0 Å². The third-order valence-electron chi connectivity index (χ3n) is 3.63. The number of pyridine rings is 1. The van der Waals surface area contributed by atoms with E-state index in [1.165, 1.54) is 0 Å². The van der Waals surface area contributed by atoms with Gasteiger partial charge in [0.25, 0.3) is 0 Å². The van der Waals surface area contributed by atoms with Crippen LogP contribution in [0.2, 0.25) is 0 Å². The van der Waals surface area contributed by atoms with Crippen molar-refractivity contribution in [3.63, 3.8) is 0 Å². The fourth-order valence-corrected chi connectivity index (χ4v) is 2.39. The van der Waals surface area contributed by atoms with E-state index in [1.54, 1.807) is 18.3 Å². The number of benzene rings is 1. The summed E-state index contributed by atoms with van der Waals surface area (Å²) >= 11 is 0. The molecule has 2 N–H and O–H groups in total. The number of ether oxygens (including phenoxy) is 4. The van der Waals surface area contributed by atoms with Crippen molar-refractivity contribution in [2.75, 3.05) is 25.6 Å². The normalized spacial score (nSPS) is 17.4. The summed E-state index contributed by atoms with van der Waals surface area (Å²) in [7, 11) is 0. The average Bonchev–Trinajstić information content (AvgIpc) is 2.63. The molecule has 3 rings (SSSR count). The monoisotopic (exact) mass is 330 g/mol. The zero-order valence-corrected chi connectivity index (χ0v) is 13.5. The van der Waals surface area contributed by atoms with Crippen molar-refractivity contribution in [1.29, 1.82) is 0 Å². The van der Waals surface area contributed by atoms with Gasteiger partial charge in [0.2, 0.25) is 5.88 Å². The van der Waals surface area contributed by atoms with Crippen molar-refractivity contribution in [3.05, 3.63) is 42.6 Å². The number of hydrogen-bond donors (Lipinski definition) is 1. The molecule has 1 aliphatic rings. The van der Waals surface area contributed by atoms with E-state index >= 15 is 0 Å². The van der Waals surface area contributed by atoms with Gasteiger partial charge in [-0.1, -0.05) is 0 Å². The van der Waals surface area contributed by atoms with Crippen LogP contribution in [-0.2, 0) is 9.47 Å². The molecule has 0 radical (unpaired) electrons. The summed E-state index contributed by atoms with van der Waals surface area (Å²) in [4.78, 5) is 4.09. The largest absolute Gasteiger partial charge is 0.491 e. The van der Waals surface area contributed by atoms with E-state index in [1.807, 2.05) is 24.3 Å². The average molecular weight is 330 g/mol. The number of aromatic nitrogens is 1. The lowest BCUT2D eigenvalue weighted by Gasteiger charge is -2.22. The Balaban J connectivity index is 1.42. The number of nitrogen functional groups attached to an aromatic ring is 1. The van der Waals surface area contributed by atoms with Crippen LogP contribution in [0.3, 0.4) is 0 Å². The lowest BCUT2D eigenvalue weighted by molar-refractivity contribution is -0.165. The number of anilines is 1. The molecular weight excluding hydrogens is 308 g/mol. The fourth-order valence-electron chi connectivity index (χ4n) is 2.39. The Morgan fingerprint density at radius 2 is 1.92 bits per heavy atom. The molecule has 0 amide bonds. The topological polar surface area (TPSA) is 75.8 Å². The molecule has 1 aromatic heterocycles. The van der Waals surface area contributed by atoms with Gasteiger partial charge in [0.15, 0.2) is 6.29 Å². The lowest BCUT2D eigenvalue weighted by Crippen LogP contribution is -2.24. The summed E-state index contributed by atoms with van der Waals surface area (Å²) in [6, 6.07) is 10.8. The minimum Gasteiger partial charge on any atom is -0.491 e. The third kappa shape index (κ3) is 4.84. The Bertz CT molecular complexity index is 627. The lowest BCUT2D eigenvalue weighted by atomic mass is 10.2. The van der Waals surface area contributed by atoms with E-state index in [0.717, 1.165) is 31.6 Å². The van der Waals surface area contributed by atoms with Crippen molar-refractivity contribution in [2.24, 2.45) is 0 Å². The number of nitrogens with zero attached hydrogens (tertiary/aromatic N) is 1. The van der Waals surface area contributed by atoms with Crippen LogP contribution >= 0.6 is 0 Å². The van der Waals surface area contributed by atoms with Gasteiger partial charge in [-0.25, -0.2) is 4.98 Å². The van der Waals surface area contributed by atoms with Crippen molar-refractivity contribution >= 4 is 5.69 Å². The number of hydrogen-bond acceptors (Lipinski definition) is 6. The van der Waals surface area contributed by atoms with E-state index in [0.29, 0.717) is 30.5 Å². The molecule has 1 aliphatic heterocycles. The zero-order chi connectivity index (χ0) is 16.6. The second kappa shape index (κ2) is 8.52. The molecule has 0 bridgehead atoms. The Morgan fingerprint density at radius 1 is 1.08 bits per heavy atom. The van der Waals surface area contributed by atoms with Crippen LogP contribution in [0.1, 0.15) is 19.3 Å². The van der Waals surface area contributed by atoms with Gasteiger partial charge < -0.3 is 24.7 Å².